The molecule has 1 rings (SSSR count). The molecule has 0 unspecified atom stereocenters. The lowest BCUT2D eigenvalue weighted by Gasteiger charge is -2.33. The molecule has 0 aromatic carbocycles. The van der Waals surface area contributed by atoms with Gasteiger partial charge in [-0.1, -0.05) is 20.3 Å². The van der Waals surface area contributed by atoms with Gasteiger partial charge in [-0.2, -0.15) is 0 Å². The van der Waals surface area contributed by atoms with Crippen LogP contribution in [0.2, 0.25) is 0 Å². The van der Waals surface area contributed by atoms with Gasteiger partial charge >= 0.3 is 5.97 Å². The fourth-order valence-electron chi connectivity index (χ4n) is 2.39. The van der Waals surface area contributed by atoms with E-state index in [1.54, 1.807) is 0 Å². The highest BCUT2D eigenvalue weighted by atomic mass is 16.4. The van der Waals surface area contributed by atoms with Gasteiger partial charge in [-0.15, -0.1) is 0 Å². The van der Waals surface area contributed by atoms with Gasteiger partial charge in [0.15, 0.2) is 0 Å². The average Bonchev–Trinajstić information content (AvgIpc) is 2.12. The Labute approximate surface area is 109 Å². The largest absolute Gasteiger partial charge is 0.481 e. The van der Waals surface area contributed by atoms with Crippen LogP contribution in [0, 0.1) is 11.3 Å². The van der Waals surface area contributed by atoms with Gasteiger partial charge in [0.2, 0.25) is 5.91 Å². The Morgan fingerprint density at radius 2 is 1.89 bits per heavy atom. The zero-order valence-corrected chi connectivity index (χ0v) is 11.7. The first-order valence-corrected chi connectivity index (χ1v) is 6.83. The summed E-state index contributed by atoms with van der Waals surface area (Å²) in [6.07, 6.45) is 4.09. The third kappa shape index (κ3) is 4.67. The summed E-state index contributed by atoms with van der Waals surface area (Å²) in [5.41, 5.74) is -0.462. The number of amides is 1. The molecule has 4 heteroatoms. The maximum atomic E-state index is 12.2. The molecule has 0 bridgehead atoms. The predicted octanol–water partition coefficient (Wildman–Crippen LogP) is 2.53. The molecule has 1 fully saturated rings. The number of carboxylic acids is 1. The Hall–Kier alpha value is -1.06. The number of carbonyl (C=O) groups is 2. The lowest BCUT2D eigenvalue weighted by Crippen LogP contribution is -2.39. The monoisotopic (exact) mass is 255 g/mol. The molecule has 1 aliphatic rings. The van der Waals surface area contributed by atoms with Crippen molar-refractivity contribution >= 4 is 11.9 Å². The summed E-state index contributed by atoms with van der Waals surface area (Å²) in [4.78, 5) is 24.8. The SMILES string of the molecule is CCN(CC1CCC1)C(=O)CC(C)(C)CC(=O)O. The predicted molar refractivity (Wildman–Crippen MR) is 70.2 cm³/mol. The molecular formula is C14H25NO3. The maximum absolute atomic E-state index is 12.2. The van der Waals surface area contributed by atoms with Crippen LogP contribution in [0.15, 0.2) is 0 Å². The van der Waals surface area contributed by atoms with Crippen molar-refractivity contribution in [2.75, 3.05) is 13.1 Å². The smallest absolute Gasteiger partial charge is 0.303 e. The zero-order valence-electron chi connectivity index (χ0n) is 11.7. The highest BCUT2D eigenvalue weighted by Gasteiger charge is 2.29. The third-order valence-electron chi connectivity index (χ3n) is 3.70. The van der Waals surface area contributed by atoms with E-state index < -0.39 is 11.4 Å². The second-order valence-corrected chi connectivity index (χ2v) is 6.14. The maximum Gasteiger partial charge on any atom is 0.303 e. The summed E-state index contributed by atoms with van der Waals surface area (Å²) in [7, 11) is 0. The quantitative estimate of drug-likeness (QED) is 0.760. The molecule has 104 valence electrons. The lowest BCUT2D eigenvalue weighted by molar-refractivity contribution is -0.140. The average molecular weight is 255 g/mol. The van der Waals surface area contributed by atoms with Crippen LogP contribution in [0.25, 0.3) is 0 Å². The highest BCUT2D eigenvalue weighted by molar-refractivity contribution is 5.78. The number of nitrogens with zero attached hydrogens (tertiary/aromatic N) is 1. The van der Waals surface area contributed by atoms with Gasteiger partial charge in [0.1, 0.15) is 0 Å². The van der Waals surface area contributed by atoms with E-state index in [-0.39, 0.29) is 12.3 Å². The van der Waals surface area contributed by atoms with Gasteiger partial charge in [-0.05, 0) is 31.1 Å². The van der Waals surface area contributed by atoms with Gasteiger partial charge in [-0.3, -0.25) is 9.59 Å². The van der Waals surface area contributed by atoms with Crippen LogP contribution in [0.3, 0.4) is 0 Å². The van der Waals surface area contributed by atoms with Crippen LogP contribution in [0.1, 0.15) is 52.9 Å². The Morgan fingerprint density at radius 1 is 1.28 bits per heavy atom. The Bertz CT molecular complexity index is 308. The van der Waals surface area contributed by atoms with E-state index in [0.29, 0.717) is 12.3 Å². The van der Waals surface area contributed by atoms with Crippen molar-refractivity contribution in [3.8, 4) is 0 Å². The molecular weight excluding hydrogens is 230 g/mol. The second-order valence-electron chi connectivity index (χ2n) is 6.14. The molecule has 0 atom stereocenters. The van der Waals surface area contributed by atoms with E-state index in [0.717, 1.165) is 13.1 Å². The Kier molecular flexibility index (Phi) is 5.17. The van der Waals surface area contributed by atoms with E-state index in [1.165, 1.54) is 19.3 Å². The summed E-state index contributed by atoms with van der Waals surface area (Å²) in [5.74, 6) is -0.0815. The van der Waals surface area contributed by atoms with Crippen LogP contribution in [0.5, 0.6) is 0 Å². The van der Waals surface area contributed by atoms with E-state index in [1.807, 2.05) is 25.7 Å². The molecule has 0 aromatic rings. The number of carbonyl (C=O) groups excluding carboxylic acids is 1. The highest BCUT2D eigenvalue weighted by Crippen LogP contribution is 2.29. The van der Waals surface area contributed by atoms with E-state index in [2.05, 4.69) is 0 Å². The minimum absolute atomic E-state index is 0.0414. The van der Waals surface area contributed by atoms with Gasteiger partial charge in [0, 0.05) is 19.5 Å². The van der Waals surface area contributed by atoms with E-state index in [4.69, 9.17) is 5.11 Å². The van der Waals surface area contributed by atoms with Gasteiger partial charge < -0.3 is 10.0 Å². The summed E-state index contributed by atoms with van der Waals surface area (Å²) in [5, 5.41) is 8.83. The molecule has 4 nitrogen and oxygen atoms in total. The molecule has 1 saturated carbocycles. The molecule has 0 radical (unpaired) electrons. The van der Waals surface area contributed by atoms with Crippen LogP contribution in [0.4, 0.5) is 0 Å². The second kappa shape index (κ2) is 6.21. The third-order valence-corrected chi connectivity index (χ3v) is 3.70. The Morgan fingerprint density at radius 3 is 2.28 bits per heavy atom. The first kappa shape index (κ1) is 15.0. The van der Waals surface area contributed by atoms with Gasteiger partial charge in [0.05, 0.1) is 6.42 Å². The molecule has 0 heterocycles. The topological polar surface area (TPSA) is 57.6 Å². The van der Waals surface area contributed by atoms with Crippen molar-refractivity contribution in [3.63, 3.8) is 0 Å². The molecule has 1 N–H and O–H groups in total. The molecule has 18 heavy (non-hydrogen) atoms. The number of rotatable bonds is 7. The van der Waals surface area contributed by atoms with Crippen LogP contribution < -0.4 is 0 Å². The van der Waals surface area contributed by atoms with Crippen molar-refractivity contribution in [1.82, 2.24) is 4.90 Å². The molecule has 0 aromatic heterocycles. The number of hydrogen-bond acceptors (Lipinski definition) is 2. The fraction of sp³-hybridized carbons (Fsp3) is 0.857. The molecule has 0 aliphatic heterocycles. The number of carboxylic acid groups (broad SMARTS) is 1. The molecule has 0 saturated heterocycles. The summed E-state index contributed by atoms with van der Waals surface area (Å²) in [6, 6.07) is 0. The summed E-state index contributed by atoms with van der Waals surface area (Å²) in [6.45, 7) is 7.24. The van der Waals surface area contributed by atoms with Crippen molar-refractivity contribution in [3.05, 3.63) is 0 Å². The minimum Gasteiger partial charge on any atom is -0.481 e. The van der Waals surface area contributed by atoms with Crippen LogP contribution in [-0.2, 0) is 9.59 Å². The van der Waals surface area contributed by atoms with E-state index >= 15 is 0 Å². The summed E-state index contributed by atoms with van der Waals surface area (Å²) < 4.78 is 0. The van der Waals surface area contributed by atoms with E-state index in [9.17, 15) is 9.59 Å². The fourth-order valence-corrected chi connectivity index (χ4v) is 2.39. The van der Waals surface area contributed by atoms with Crippen molar-refractivity contribution in [2.24, 2.45) is 11.3 Å². The standard InChI is InChI=1S/C14H25NO3/c1-4-15(10-11-6-5-7-11)12(16)8-14(2,3)9-13(17)18/h11H,4-10H2,1-3H3,(H,17,18). The first-order valence-electron chi connectivity index (χ1n) is 6.83. The summed E-state index contributed by atoms with van der Waals surface area (Å²) >= 11 is 0. The van der Waals surface area contributed by atoms with Crippen molar-refractivity contribution < 1.29 is 14.7 Å². The number of aliphatic carboxylic acids is 1. The molecule has 0 spiro atoms. The zero-order chi connectivity index (χ0) is 13.8. The van der Waals surface area contributed by atoms with Crippen LogP contribution >= 0.6 is 0 Å². The number of hydrogen-bond donors (Lipinski definition) is 1. The van der Waals surface area contributed by atoms with Gasteiger partial charge in [0.25, 0.3) is 0 Å². The lowest BCUT2D eigenvalue weighted by atomic mass is 9.83. The first-order chi connectivity index (χ1) is 8.34. The Balaban J connectivity index is 2.47. The molecule has 1 aliphatic carbocycles. The van der Waals surface area contributed by atoms with Crippen molar-refractivity contribution in [2.45, 2.75) is 52.9 Å². The van der Waals surface area contributed by atoms with Crippen LogP contribution in [-0.4, -0.2) is 35.0 Å². The van der Waals surface area contributed by atoms with Crippen molar-refractivity contribution in [1.29, 1.82) is 0 Å². The normalized spacial score (nSPS) is 16.2. The van der Waals surface area contributed by atoms with Gasteiger partial charge in [-0.25, -0.2) is 0 Å². The minimum atomic E-state index is -0.838. The molecule has 1 amide bonds.